The highest BCUT2D eigenvalue weighted by Gasteiger charge is 2.16. The highest BCUT2D eigenvalue weighted by Crippen LogP contribution is 2.29. The minimum atomic E-state index is -0.0556. The molecule has 0 saturated heterocycles. The Labute approximate surface area is 168 Å². The number of hydrogen-bond donors (Lipinski definition) is 2. The van der Waals surface area contributed by atoms with Gasteiger partial charge in [-0.15, -0.1) is 10.2 Å². The lowest BCUT2D eigenvalue weighted by molar-refractivity contribution is -0.118. The summed E-state index contributed by atoms with van der Waals surface area (Å²) in [7, 11) is 1.59. The first-order valence-corrected chi connectivity index (χ1v) is 9.95. The number of aryl methyl sites for hydroxylation is 1. The van der Waals surface area contributed by atoms with Crippen LogP contribution < -0.4 is 15.9 Å². The second-order valence-corrected chi connectivity index (χ2v) is 7.05. The molecule has 28 heavy (non-hydrogen) atoms. The van der Waals surface area contributed by atoms with E-state index in [-0.39, 0.29) is 11.7 Å². The van der Waals surface area contributed by atoms with E-state index in [1.807, 2.05) is 42.5 Å². The molecular weight excluding hydrogens is 374 g/mol. The van der Waals surface area contributed by atoms with Crippen LogP contribution in [-0.2, 0) is 11.2 Å². The van der Waals surface area contributed by atoms with Crippen LogP contribution in [0.3, 0.4) is 0 Å². The molecule has 0 unspecified atom stereocenters. The normalized spacial score (nSPS) is 10.6. The van der Waals surface area contributed by atoms with Crippen LogP contribution >= 0.6 is 11.8 Å². The average molecular weight is 398 g/mol. The van der Waals surface area contributed by atoms with Crippen molar-refractivity contribution in [2.75, 3.05) is 25.3 Å². The van der Waals surface area contributed by atoms with Gasteiger partial charge in [0.15, 0.2) is 5.82 Å². The number of amides is 1. The Kier molecular flexibility index (Phi) is 6.91. The van der Waals surface area contributed by atoms with Crippen LogP contribution in [0.15, 0.2) is 59.8 Å². The van der Waals surface area contributed by atoms with Crippen LogP contribution in [0.5, 0.6) is 5.75 Å². The first kappa shape index (κ1) is 19.8. The van der Waals surface area contributed by atoms with Gasteiger partial charge < -0.3 is 15.9 Å². The predicted octanol–water partition coefficient (Wildman–Crippen LogP) is 2.51. The average Bonchev–Trinajstić information content (AvgIpc) is 3.10. The van der Waals surface area contributed by atoms with Crippen LogP contribution in [0, 0.1) is 0 Å². The van der Waals surface area contributed by atoms with Crippen LogP contribution in [0.2, 0.25) is 0 Å². The SMILES string of the molecule is COc1ccccc1-c1nnc(SCC(=O)NCCCc2ccccc2)n1N. The summed E-state index contributed by atoms with van der Waals surface area (Å²) in [5.41, 5.74) is 2.02. The summed E-state index contributed by atoms with van der Waals surface area (Å²) in [6.07, 6.45) is 1.83. The Morgan fingerprint density at radius 3 is 2.68 bits per heavy atom. The maximum absolute atomic E-state index is 12.1. The van der Waals surface area contributed by atoms with Gasteiger partial charge in [0.1, 0.15) is 5.75 Å². The van der Waals surface area contributed by atoms with Gasteiger partial charge in [-0.25, -0.2) is 4.68 Å². The van der Waals surface area contributed by atoms with E-state index >= 15 is 0 Å². The summed E-state index contributed by atoms with van der Waals surface area (Å²) >= 11 is 1.25. The van der Waals surface area contributed by atoms with Crippen molar-refractivity contribution in [1.82, 2.24) is 20.2 Å². The highest BCUT2D eigenvalue weighted by atomic mass is 32.2. The van der Waals surface area contributed by atoms with Gasteiger partial charge in [0.05, 0.1) is 18.4 Å². The number of carbonyl (C=O) groups is 1. The van der Waals surface area contributed by atoms with Crippen LogP contribution in [-0.4, -0.2) is 40.2 Å². The quantitative estimate of drug-likeness (QED) is 0.327. The van der Waals surface area contributed by atoms with Crippen LogP contribution in [0.1, 0.15) is 12.0 Å². The maximum Gasteiger partial charge on any atom is 0.230 e. The summed E-state index contributed by atoms with van der Waals surface area (Å²) < 4.78 is 6.72. The molecule has 2 aromatic carbocycles. The minimum Gasteiger partial charge on any atom is -0.496 e. The van der Waals surface area contributed by atoms with Gasteiger partial charge in [0.2, 0.25) is 11.1 Å². The van der Waals surface area contributed by atoms with Crippen molar-refractivity contribution in [3.8, 4) is 17.1 Å². The number of nitrogens with two attached hydrogens (primary N) is 1. The van der Waals surface area contributed by atoms with Crippen molar-refractivity contribution in [3.63, 3.8) is 0 Å². The maximum atomic E-state index is 12.1. The van der Waals surface area contributed by atoms with E-state index in [4.69, 9.17) is 10.6 Å². The first-order chi connectivity index (χ1) is 13.7. The molecule has 0 atom stereocenters. The molecule has 1 amide bonds. The molecule has 0 aliphatic carbocycles. The Balaban J connectivity index is 1.48. The lowest BCUT2D eigenvalue weighted by Crippen LogP contribution is -2.26. The van der Waals surface area contributed by atoms with Crippen LogP contribution in [0.25, 0.3) is 11.4 Å². The Morgan fingerprint density at radius 1 is 1.14 bits per heavy atom. The van der Waals surface area contributed by atoms with Crippen molar-refractivity contribution in [1.29, 1.82) is 0 Å². The second-order valence-electron chi connectivity index (χ2n) is 6.10. The largest absolute Gasteiger partial charge is 0.496 e. The number of benzene rings is 2. The van der Waals surface area contributed by atoms with Gasteiger partial charge >= 0.3 is 0 Å². The van der Waals surface area contributed by atoms with E-state index in [2.05, 4.69) is 27.6 Å². The summed E-state index contributed by atoms with van der Waals surface area (Å²) in [6.45, 7) is 0.635. The molecule has 1 aromatic heterocycles. The van der Waals surface area contributed by atoms with E-state index in [1.54, 1.807) is 7.11 Å². The second kappa shape index (κ2) is 9.80. The van der Waals surface area contributed by atoms with Crippen molar-refractivity contribution < 1.29 is 9.53 Å². The molecule has 1 heterocycles. The zero-order valence-corrected chi connectivity index (χ0v) is 16.5. The summed E-state index contributed by atoms with van der Waals surface area (Å²) in [5.74, 6) is 7.44. The number of hydrogen-bond acceptors (Lipinski definition) is 6. The van der Waals surface area contributed by atoms with Crippen molar-refractivity contribution in [2.24, 2.45) is 0 Å². The molecule has 7 nitrogen and oxygen atoms in total. The Bertz CT molecular complexity index is 914. The van der Waals surface area contributed by atoms with Gasteiger partial charge in [-0.05, 0) is 30.5 Å². The van der Waals surface area contributed by atoms with Crippen molar-refractivity contribution in [3.05, 3.63) is 60.2 Å². The van der Waals surface area contributed by atoms with E-state index in [1.165, 1.54) is 22.0 Å². The topological polar surface area (TPSA) is 95.1 Å². The molecule has 0 bridgehead atoms. The smallest absolute Gasteiger partial charge is 0.230 e. The molecule has 3 N–H and O–H groups in total. The van der Waals surface area contributed by atoms with Crippen molar-refractivity contribution >= 4 is 17.7 Å². The predicted molar refractivity (Wildman–Crippen MR) is 111 cm³/mol. The van der Waals surface area contributed by atoms with Crippen molar-refractivity contribution in [2.45, 2.75) is 18.0 Å². The zero-order chi connectivity index (χ0) is 19.8. The summed E-state index contributed by atoms with van der Waals surface area (Å²) in [5, 5.41) is 11.6. The number of nitrogens with one attached hydrogen (secondary N) is 1. The minimum absolute atomic E-state index is 0.0556. The third-order valence-corrected chi connectivity index (χ3v) is 5.10. The number of rotatable bonds is 9. The first-order valence-electron chi connectivity index (χ1n) is 8.96. The molecular formula is C20H23N5O2S. The van der Waals surface area contributed by atoms with Gasteiger partial charge in [0, 0.05) is 6.54 Å². The lowest BCUT2D eigenvalue weighted by Gasteiger charge is -2.08. The number of ether oxygens (including phenoxy) is 1. The van der Waals surface area contributed by atoms with E-state index in [9.17, 15) is 4.79 Å². The van der Waals surface area contributed by atoms with Gasteiger partial charge in [-0.3, -0.25) is 4.79 Å². The van der Waals surface area contributed by atoms with Gasteiger partial charge in [-0.2, -0.15) is 0 Å². The standard InChI is InChI=1S/C20H23N5O2S/c1-27-17-12-6-5-11-16(17)19-23-24-20(25(19)21)28-14-18(26)22-13-7-10-15-8-3-2-4-9-15/h2-6,8-9,11-12H,7,10,13-14,21H2,1H3,(H,22,26). The number of aromatic nitrogens is 3. The fourth-order valence-corrected chi connectivity index (χ4v) is 3.42. The number of carbonyl (C=O) groups excluding carboxylic acids is 1. The Hall–Kier alpha value is -3.00. The molecule has 0 spiro atoms. The molecule has 0 radical (unpaired) electrons. The molecule has 8 heteroatoms. The number of nitrogen functional groups attached to an aromatic ring is 1. The summed E-state index contributed by atoms with van der Waals surface area (Å²) in [4.78, 5) is 12.1. The van der Waals surface area contributed by atoms with E-state index in [0.717, 1.165) is 18.4 Å². The van der Waals surface area contributed by atoms with Crippen LogP contribution in [0.4, 0.5) is 0 Å². The molecule has 3 aromatic rings. The number of thioether (sulfide) groups is 1. The molecule has 3 rings (SSSR count). The van der Waals surface area contributed by atoms with Gasteiger partial charge in [0.25, 0.3) is 0 Å². The molecule has 0 saturated carbocycles. The number of nitrogens with zero attached hydrogens (tertiary/aromatic N) is 3. The van der Waals surface area contributed by atoms with E-state index < -0.39 is 0 Å². The third-order valence-electron chi connectivity index (χ3n) is 4.15. The fraction of sp³-hybridized carbons (Fsp3) is 0.250. The van der Waals surface area contributed by atoms with E-state index in [0.29, 0.717) is 23.3 Å². The van der Waals surface area contributed by atoms with Gasteiger partial charge in [-0.1, -0.05) is 54.2 Å². The zero-order valence-electron chi connectivity index (χ0n) is 15.7. The third kappa shape index (κ3) is 5.04. The number of para-hydroxylation sites is 1. The monoisotopic (exact) mass is 397 g/mol. The highest BCUT2D eigenvalue weighted by molar-refractivity contribution is 7.99. The number of methoxy groups -OCH3 is 1. The summed E-state index contributed by atoms with van der Waals surface area (Å²) in [6, 6.07) is 17.7. The molecule has 0 fully saturated rings. The fourth-order valence-electron chi connectivity index (χ4n) is 2.73. The lowest BCUT2D eigenvalue weighted by atomic mass is 10.1. The molecule has 146 valence electrons. The molecule has 0 aliphatic heterocycles. The Morgan fingerprint density at radius 2 is 1.89 bits per heavy atom. The molecule has 0 aliphatic rings.